The standard InChI is InChI=1S/C19H25NO/c21-16-4-14-20-15-13-19-11-9-18(10-12-19)8-7-17-5-2-1-3-6-17/h1-3,5-6,9-12,20-21H,4,7-8,13-16H2. The van der Waals surface area contributed by atoms with Gasteiger partial charge in [0.1, 0.15) is 0 Å². The molecule has 0 aliphatic heterocycles. The van der Waals surface area contributed by atoms with Crippen LogP contribution in [0.4, 0.5) is 0 Å². The predicted octanol–water partition coefficient (Wildman–Crippen LogP) is 2.99. The molecule has 0 saturated carbocycles. The summed E-state index contributed by atoms with van der Waals surface area (Å²) >= 11 is 0. The smallest absolute Gasteiger partial charge is 0.0443 e. The first-order chi connectivity index (χ1) is 10.4. The van der Waals surface area contributed by atoms with Crippen molar-refractivity contribution in [3.8, 4) is 0 Å². The van der Waals surface area contributed by atoms with E-state index in [0.29, 0.717) is 0 Å². The molecule has 2 heteroatoms. The largest absolute Gasteiger partial charge is 0.396 e. The van der Waals surface area contributed by atoms with Gasteiger partial charge in [-0.1, -0.05) is 54.6 Å². The van der Waals surface area contributed by atoms with E-state index >= 15 is 0 Å². The van der Waals surface area contributed by atoms with Crippen molar-refractivity contribution < 1.29 is 5.11 Å². The molecule has 0 saturated heterocycles. The highest BCUT2D eigenvalue weighted by Crippen LogP contribution is 2.09. The van der Waals surface area contributed by atoms with Crippen LogP contribution >= 0.6 is 0 Å². The zero-order chi connectivity index (χ0) is 14.8. The van der Waals surface area contributed by atoms with Crippen molar-refractivity contribution in [3.63, 3.8) is 0 Å². The molecule has 0 aliphatic rings. The molecule has 0 bridgehead atoms. The molecule has 2 aromatic rings. The second kappa shape index (κ2) is 9.32. The summed E-state index contributed by atoms with van der Waals surface area (Å²) in [5, 5.41) is 12.0. The van der Waals surface area contributed by atoms with Crippen molar-refractivity contribution in [1.82, 2.24) is 5.32 Å². The van der Waals surface area contributed by atoms with Gasteiger partial charge in [0.15, 0.2) is 0 Å². The highest BCUT2D eigenvalue weighted by molar-refractivity contribution is 5.24. The Hall–Kier alpha value is -1.64. The molecule has 21 heavy (non-hydrogen) atoms. The van der Waals surface area contributed by atoms with E-state index in [9.17, 15) is 0 Å². The normalized spacial score (nSPS) is 10.7. The summed E-state index contributed by atoms with van der Waals surface area (Å²) < 4.78 is 0. The average Bonchev–Trinajstić information content (AvgIpc) is 2.55. The summed E-state index contributed by atoms with van der Waals surface area (Å²) in [7, 11) is 0. The summed E-state index contributed by atoms with van der Waals surface area (Å²) in [5.41, 5.74) is 4.17. The van der Waals surface area contributed by atoms with Crippen LogP contribution in [0.2, 0.25) is 0 Å². The summed E-state index contributed by atoms with van der Waals surface area (Å²) in [6, 6.07) is 19.6. The fourth-order valence-electron chi connectivity index (χ4n) is 2.37. The maximum atomic E-state index is 8.71. The van der Waals surface area contributed by atoms with E-state index in [0.717, 1.165) is 38.8 Å². The molecule has 0 fully saturated rings. The van der Waals surface area contributed by atoms with Crippen molar-refractivity contribution in [1.29, 1.82) is 0 Å². The number of nitrogens with one attached hydrogen (secondary N) is 1. The summed E-state index contributed by atoms with van der Waals surface area (Å²) in [5.74, 6) is 0. The van der Waals surface area contributed by atoms with Crippen molar-refractivity contribution in [2.24, 2.45) is 0 Å². The van der Waals surface area contributed by atoms with E-state index in [-0.39, 0.29) is 6.61 Å². The molecule has 0 aliphatic carbocycles. The molecule has 2 nitrogen and oxygen atoms in total. The van der Waals surface area contributed by atoms with Gasteiger partial charge in [-0.15, -0.1) is 0 Å². The van der Waals surface area contributed by atoms with Crippen LogP contribution in [0.5, 0.6) is 0 Å². The highest BCUT2D eigenvalue weighted by atomic mass is 16.3. The van der Waals surface area contributed by atoms with Crippen molar-refractivity contribution >= 4 is 0 Å². The first-order valence-electron chi connectivity index (χ1n) is 7.82. The van der Waals surface area contributed by atoms with Crippen LogP contribution in [0.25, 0.3) is 0 Å². The zero-order valence-corrected chi connectivity index (χ0v) is 12.6. The van der Waals surface area contributed by atoms with Crippen LogP contribution in [-0.4, -0.2) is 24.8 Å². The van der Waals surface area contributed by atoms with Crippen molar-refractivity contribution in [2.45, 2.75) is 25.7 Å². The van der Waals surface area contributed by atoms with Gasteiger partial charge in [-0.2, -0.15) is 0 Å². The van der Waals surface area contributed by atoms with E-state index in [1.54, 1.807) is 0 Å². The number of aliphatic hydroxyl groups excluding tert-OH is 1. The fraction of sp³-hybridized carbons (Fsp3) is 0.368. The Labute approximate surface area is 127 Å². The third kappa shape index (κ3) is 6.11. The highest BCUT2D eigenvalue weighted by Gasteiger charge is 1.97. The van der Waals surface area contributed by atoms with Crippen molar-refractivity contribution in [3.05, 3.63) is 71.3 Å². The van der Waals surface area contributed by atoms with E-state index in [2.05, 4.69) is 59.9 Å². The van der Waals surface area contributed by atoms with Gasteiger partial charge in [0.25, 0.3) is 0 Å². The number of benzene rings is 2. The minimum absolute atomic E-state index is 0.267. The van der Waals surface area contributed by atoms with Crippen molar-refractivity contribution in [2.75, 3.05) is 19.7 Å². The third-order valence-corrected chi connectivity index (χ3v) is 3.67. The lowest BCUT2D eigenvalue weighted by atomic mass is 10.0. The molecule has 0 radical (unpaired) electrons. The molecule has 0 unspecified atom stereocenters. The SMILES string of the molecule is OCCCNCCc1ccc(CCc2ccccc2)cc1. The molecular formula is C19H25NO. The van der Waals surface area contributed by atoms with Crippen LogP contribution in [0.15, 0.2) is 54.6 Å². The summed E-state index contributed by atoms with van der Waals surface area (Å²) in [4.78, 5) is 0. The maximum Gasteiger partial charge on any atom is 0.0443 e. The van der Waals surface area contributed by atoms with E-state index < -0.39 is 0 Å². The van der Waals surface area contributed by atoms with Crippen LogP contribution in [0.1, 0.15) is 23.1 Å². The second-order valence-electron chi connectivity index (χ2n) is 5.38. The number of hydrogen-bond donors (Lipinski definition) is 2. The van der Waals surface area contributed by atoms with Gasteiger partial charge in [0.2, 0.25) is 0 Å². The second-order valence-corrected chi connectivity index (χ2v) is 5.38. The average molecular weight is 283 g/mol. The van der Waals surface area contributed by atoms with Crippen LogP contribution in [0, 0.1) is 0 Å². The van der Waals surface area contributed by atoms with Crippen LogP contribution in [0.3, 0.4) is 0 Å². The van der Waals surface area contributed by atoms with Gasteiger partial charge < -0.3 is 10.4 Å². The zero-order valence-electron chi connectivity index (χ0n) is 12.6. The Bertz CT molecular complexity index is 493. The molecule has 2 aromatic carbocycles. The molecule has 0 spiro atoms. The Morgan fingerprint density at radius 3 is 1.86 bits per heavy atom. The monoisotopic (exact) mass is 283 g/mol. The topological polar surface area (TPSA) is 32.3 Å². The van der Waals surface area contributed by atoms with E-state index in [4.69, 9.17) is 5.11 Å². The van der Waals surface area contributed by atoms with Gasteiger partial charge in [-0.3, -0.25) is 0 Å². The minimum Gasteiger partial charge on any atom is -0.396 e. The Kier molecular flexibility index (Phi) is 6.99. The van der Waals surface area contributed by atoms with Crippen LogP contribution < -0.4 is 5.32 Å². The Morgan fingerprint density at radius 1 is 0.667 bits per heavy atom. The quantitative estimate of drug-likeness (QED) is 0.693. The van der Waals surface area contributed by atoms with Gasteiger partial charge in [-0.25, -0.2) is 0 Å². The molecule has 0 heterocycles. The molecule has 112 valence electrons. The number of aryl methyl sites for hydroxylation is 2. The van der Waals surface area contributed by atoms with E-state index in [1.807, 2.05) is 0 Å². The van der Waals surface area contributed by atoms with Gasteiger partial charge in [0, 0.05) is 6.61 Å². The first-order valence-corrected chi connectivity index (χ1v) is 7.82. The van der Waals surface area contributed by atoms with Gasteiger partial charge >= 0.3 is 0 Å². The maximum absolute atomic E-state index is 8.71. The molecule has 0 atom stereocenters. The number of aliphatic hydroxyl groups is 1. The molecule has 2 N–H and O–H groups in total. The lowest BCUT2D eigenvalue weighted by Crippen LogP contribution is -2.19. The Morgan fingerprint density at radius 2 is 1.24 bits per heavy atom. The third-order valence-electron chi connectivity index (χ3n) is 3.67. The molecule has 0 aromatic heterocycles. The Balaban J connectivity index is 1.71. The fourth-order valence-corrected chi connectivity index (χ4v) is 2.37. The number of hydrogen-bond acceptors (Lipinski definition) is 2. The van der Waals surface area contributed by atoms with Gasteiger partial charge in [0.05, 0.1) is 0 Å². The number of rotatable bonds is 9. The molecule has 0 amide bonds. The van der Waals surface area contributed by atoms with E-state index in [1.165, 1.54) is 16.7 Å². The molecular weight excluding hydrogens is 258 g/mol. The summed E-state index contributed by atoms with van der Waals surface area (Å²) in [6.45, 7) is 2.14. The molecule has 2 rings (SSSR count). The lowest BCUT2D eigenvalue weighted by Gasteiger charge is -2.06. The lowest BCUT2D eigenvalue weighted by molar-refractivity contribution is 0.286. The van der Waals surface area contributed by atoms with Gasteiger partial charge in [-0.05, 0) is 55.5 Å². The predicted molar refractivity (Wildman–Crippen MR) is 88.6 cm³/mol. The first kappa shape index (κ1) is 15.7. The van der Waals surface area contributed by atoms with Crippen LogP contribution in [-0.2, 0) is 19.3 Å². The summed E-state index contributed by atoms with van der Waals surface area (Å²) in [6.07, 6.45) is 4.07. The minimum atomic E-state index is 0.267.